The first-order valence-corrected chi connectivity index (χ1v) is 6.30. The maximum Gasteiger partial charge on any atom is 0.329 e. The number of hydrogen-bond donors (Lipinski definition) is 3. The Hall–Kier alpha value is -1.14. The molecular formula is C12H20N2O4. The molecule has 2 atom stereocenters. The molecule has 0 aromatic carbocycles. The zero-order valence-corrected chi connectivity index (χ0v) is 10.6. The van der Waals surface area contributed by atoms with Crippen LogP contribution in [0.1, 0.15) is 32.6 Å². The van der Waals surface area contributed by atoms with Crippen LogP contribution in [0.25, 0.3) is 0 Å². The maximum absolute atomic E-state index is 12.3. The van der Waals surface area contributed by atoms with Gasteiger partial charge >= 0.3 is 5.97 Å². The summed E-state index contributed by atoms with van der Waals surface area (Å²) in [4.78, 5) is 23.7. The number of amides is 1. The predicted octanol–water partition coefficient (Wildman–Crippen LogP) is -0.136. The number of carboxylic acid groups (broad SMARTS) is 1. The molecule has 1 amide bonds. The highest BCUT2D eigenvalue weighted by molar-refractivity contribution is 5.90. The summed E-state index contributed by atoms with van der Waals surface area (Å²) in [7, 11) is 0. The lowest BCUT2D eigenvalue weighted by molar-refractivity contribution is -0.149. The molecule has 2 fully saturated rings. The van der Waals surface area contributed by atoms with E-state index in [1.165, 1.54) is 0 Å². The van der Waals surface area contributed by atoms with Gasteiger partial charge < -0.3 is 20.9 Å². The summed E-state index contributed by atoms with van der Waals surface area (Å²) in [6.45, 7) is 2.31. The summed E-state index contributed by atoms with van der Waals surface area (Å²) >= 11 is 0. The lowest BCUT2D eigenvalue weighted by Gasteiger charge is -2.32. The molecule has 0 aromatic heterocycles. The van der Waals surface area contributed by atoms with Crippen molar-refractivity contribution in [3.05, 3.63) is 0 Å². The number of carbonyl (C=O) groups is 2. The monoisotopic (exact) mass is 256 g/mol. The standard InChI is InChI=1S/C12H20N2O4/c1-11(7-18-6-8(11)13)9(15)14-12(10(16)17)4-2-3-5-12/h8H,2-7,13H2,1H3,(H,14,15)(H,16,17). The lowest BCUT2D eigenvalue weighted by atomic mass is 9.83. The fourth-order valence-electron chi connectivity index (χ4n) is 2.65. The van der Waals surface area contributed by atoms with Gasteiger partial charge in [0.15, 0.2) is 0 Å². The van der Waals surface area contributed by atoms with Crippen molar-refractivity contribution in [3.63, 3.8) is 0 Å². The molecule has 1 aliphatic carbocycles. The fourth-order valence-corrected chi connectivity index (χ4v) is 2.65. The van der Waals surface area contributed by atoms with Crippen LogP contribution in [-0.2, 0) is 14.3 Å². The van der Waals surface area contributed by atoms with Crippen molar-refractivity contribution in [2.75, 3.05) is 13.2 Å². The summed E-state index contributed by atoms with van der Waals surface area (Å²) in [5.74, 6) is -1.26. The zero-order valence-electron chi connectivity index (χ0n) is 10.6. The molecule has 6 nitrogen and oxygen atoms in total. The van der Waals surface area contributed by atoms with Gasteiger partial charge in [-0.05, 0) is 19.8 Å². The molecule has 1 aliphatic heterocycles. The molecule has 2 rings (SSSR count). The minimum absolute atomic E-state index is 0.246. The molecule has 0 radical (unpaired) electrons. The van der Waals surface area contributed by atoms with Crippen molar-refractivity contribution in [2.24, 2.45) is 11.1 Å². The lowest BCUT2D eigenvalue weighted by Crippen LogP contribution is -2.59. The predicted molar refractivity (Wildman–Crippen MR) is 63.9 cm³/mol. The van der Waals surface area contributed by atoms with Crippen molar-refractivity contribution in [1.82, 2.24) is 5.32 Å². The van der Waals surface area contributed by atoms with Crippen LogP contribution in [-0.4, -0.2) is 41.8 Å². The van der Waals surface area contributed by atoms with E-state index < -0.39 is 16.9 Å². The molecule has 2 unspecified atom stereocenters. The van der Waals surface area contributed by atoms with E-state index in [0.717, 1.165) is 12.8 Å². The van der Waals surface area contributed by atoms with Crippen molar-refractivity contribution >= 4 is 11.9 Å². The van der Waals surface area contributed by atoms with Crippen LogP contribution in [0.4, 0.5) is 0 Å². The molecule has 0 aromatic rings. The van der Waals surface area contributed by atoms with Crippen LogP contribution in [0, 0.1) is 5.41 Å². The largest absolute Gasteiger partial charge is 0.480 e. The van der Waals surface area contributed by atoms with Crippen molar-refractivity contribution in [2.45, 2.75) is 44.2 Å². The molecule has 1 heterocycles. The zero-order chi connectivity index (χ0) is 13.4. The van der Waals surface area contributed by atoms with Gasteiger partial charge in [0.05, 0.1) is 18.6 Å². The molecule has 1 saturated heterocycles. The maximum atomic E-state index is 12.3. The smallest absolute Gasteiger partial charge is 0.329 e. The molecule has 0 spiro atoms. The fraction of sp³-hybridized carbons (Fsp3) is 0.833. The second-order valence-electron chi connectivity index (χ2n) is 5.59. The molecule has 18 heavy (non-hydrogen) atoms. The number of ether oxygens (including phenoxy) is 1. The van der Waals surface area contributed by atoms with Crippen LogP contribution in [0.2, 0.25) is 0 Å². The summed E-state index contributed by atoms with van der Waals surface area (Å²) < 4.78 is 5.22. The highest BCUT2D eigenvalue weighted by Gasteiger charge is 2.50. The first-order chi connectivity index (χ1) is 8.41. The van der Waals surface area contributed by atoms with Crippen LogP contribution in [0.5, 0.6) is 0 Å². The third kappa shape index (κ3) is 1.99. The average molecular weight is 256 g/mol. The quantitative estimate of drug-likeness (QED) is 0.652. The number of aliphatic carboxylic acids is 1. The van der Waals surface area contributed by atoms with E-state index in [4.69, 9.17) is 10.5 Å². The van der Waals surface area contributed by atoms with E-state index in [2.05, 4.69) is 5.32 Å². The highest BCUT2D eigenvalue weighted by Crippen LogP contribution is 2.33. The number of nitrogens with two attached hydrogens (primary N) is 1. The highest BCUT2D eigenvalue weighted by atomic mass is 16.5. The van der Waals surface area contributed by atoms with Gasteiger partial charge in [0.2, 0.25) is 5.91 Å². The summed E-state index contributed by atoms with van der Waals surface area (Å²) in [5.41, 5.74) is 3.94. The van der Waals surface area contributed by atoms with Gasteiger partial charge in [-0.1, -0.05) is 12.8 Å². The molecule has 2 aliphatic rings. The second kappa shape index (κ2) is 4.51. The molecule has 4 N–H and O–H groups in total. The minimum Gasteiger partial charge on any atom is -0.480 e. The first-order valence-electron chi connectivity index (χ1n) is 6.30. The van der Waals surface area contributed by atoms with E-state index >= 15 is 0 Å². The summed E-state index contributed by atoms with van der Waals surface area (Å²) in [6.07, 6.45) is 2.62. The van der Waals surface area contributed by atoms with Gasteiger partial charge in [0.1, 0.15) is 5.54 Å². The topological polar surface area (TPSA) is 102 Å². The van der Waals surface area contributed by atoms with E-state index in [-0.39, 0.29) is 18.6 Å². The van der Waals surface area contributed by atoms with Crippen molar-refractivity contribution in [3.8, 4) is 0 Å². The van der Waals surface area contributed by atoms with Crippen molar-refractivity contribution < 1.29 is 19.4 Å². The minimum atomic E-state index is -1.11. The molecule has 1 saturated carbocycles. The van der Waals surface area contributed by atoms with E-state index in [1.807, 2.05) is 0 Å². The Morgan fingerprint density at radius 2 is 2.00 bits per heavy atom. The van der Waals surface area contributed by atoms with Gasteiger partial charge in [0, 0.05) is 6.04 Å². The Labute approximate surface area is 106 Å². The second-order valence-corrected chi connectivity index (χ2v) is 5.59. The van der Waals surface area contributed by atoms with Crippen molar-refractivity contribution in [1.29, 1.82) is 0 Å². The van der Waals surface area contributed by atoms with Crippen LogP contribution in [0.3, 0.4) is 0 Å². The third-order valence-corrected chi connectivity index (χ3v) is 4.26. The van der Waals surface area contributed by atoms with Crippen LogP contribution < -0.4 is 11.1 Å². The molecule has 102 valence electrons. The number of carboxylic acids is 1. The van der Waals surface area contributed by atoms with Gasteiger partial charge in [0.25, 0.3) is 0 Å². The van der Waals surface area contributed by atoms with Crippen LogP contribution >= 0.6 is 0 Å². The molecule has 0 bridgehead atoms. The van der Waals surface area contributed by atoms with E-state index in [1.54, 1.807) is 6.92 Å². The average Bonchev–Trinajstić information content (AvgIpc) is 2.89. The Bertz CT molecular complexity index is 365. The third-order valence-electron chi connectivity index (χ3n) is 4.26. The normalized spacial score (nSPS) is 34.4. The van der Waals surface area contributed by atoms with E-state index in [9.17, 15) is 14.7 Å². The number of carbonyl (C=O) groups excluding carboxylic acids is 1. The Balaban J connectivity index is 2.13. The number of hydrogen-bond acceptors (Lipinski definition) is 4. The summed E-state index contributed by atoms with van der Waals surface area (Å²) in [6, 6.07) is -0.384. The van der Waals surface area contributed by atoms with Gasteiger partial charge in [-0.2, -0.15) is 0 Å². The Morgan fingerprint density at radius 1 is 1.39 bits per heavy atom. The number of nitrogens with one attached hydrogen (secondary N) is 1. The number of rotatable bonds is 3. The van der Waals surface area contributed by atoms with Gasteiger partial charge in [-0.15, -0.1) is 0 Å². The van der Waals surface area contributed by atoms with Crippen LogP contribution in [0.15, 0.2) is 0 Å². The van der Waals surface area contributed by atoms with Gasteiger partial charge in [-0.3, -0.25) is 4.79 Å². The Morgan fingerprint density at radius 3 is 2.44 bits per heavy atom. The van der Waals surface area contributed by atoms with Gasteiger partial charge in [-0.25, -0.2) is 4.79 Å². The molecule has 6 heteroatoms. The molecular weight excluding hydrogens is 236 g/mol. The van der Waals surface area contributed by atoms with E-state index in [0.29, 0.717) is 19.4 Å². The Kier molecular flexibility index (Phi) is 3.33. The summed E-state index contributed by atoms with van der Waals surface area (Å²) in [5, 5.41) is 12.0. The SMILES string of the molecule is CC1(C(=O)NC2(C(=O)O)CCCC2)COCC1N. The first kappa shape index (κ1) is 13.3.